The van der Waals surface area contributed by atoms with Crippen molar-refractivity contribution in [2.24, 2.45) is 5.73 Å². The molecule has 9 aromatic heterocycles. The van der Waals surface area contributed by atoms with Gasteiger partial charge in [0, 0.05) is 88.4 Å². The van der Waals surface area contributed by atoms with E-state index in [9.17, 15) is 33.6 Å². The minimum absolute atomic E-state index is 0.00870. The molecule has 36 heteroatoms. The third-order valence-electron chi connectivity index (χ3n) is 18.5. The number of hydrogen-bond donors (Lipinski definition) is 9. The third-order valence-corrected chi connectivity index (χ3v) is 19.3. The summed E-state index contributed by atoms with van der Waals surface area (Å²) in [4.78, 5) is 139. The minimum atomic E-state index is -1.11. The zero-order valence-corrected chi connectivity index (χ0v) is 66.6. The van der Waals surface area contributed by atoms with Crippen molar-refractivity contribution < 1.29 is 58.0 Å². The van der Waals surface area contributed by atoms with E-state index in [1.807, 2.05) is 41.5 Å². The Morgan fingerprint density at radius 1 is 0.527 bits per heavy atom. The van der Waals surface area contributed by atoms with Gasteiger partial charge in [-0.3, -0.25) is 53.6 Å². The number of methoxy groups -OCH3 is 3. The maximum Gasteiger partial charge on any atom is 0.352 e. The molecular formula is C76H90Cl3N21O12. The van der Waals surface area contributed by atoms with Gasteiger partial charge in [-0.25, -0.2) is 24.5 Å². The summed E-state index contributed by atoms with van der Waals surface area (Å²) >= 11 is 18.9. The molecule has 9 aromatic rings. The normalized spacial score (nSPS) is 13.2. The Balaban J connectivity index is 0.000000193. The summed E-state index contributed by atoms with van der Waals surface area (Å²) < 4.78 is 16.4. The summed E-state index contributed by atoms with van der Waals surface area (Å²) in [6, 6.07) is 9.21. The van der Waals surface area contributed by atoms with Crippen LogP contribution in [-0.2, 0) is 40.4 Å². The Labute approximate surface area is 661 Å². The molecule has 3 amide bonds. The fourth-order valence-electron chi connectivity index (χ4n) is 12.5. The van der Waals surface area contributed by atoms with Crippen LogP contribution in [-0.4, -0.2) is 189 Å². The first-order chi connectivity index (χ1) is 53.4. The number of amides is 3. The molecule has 0 fully saturated rings. The first-order valence-corrected chi connectivity index (χ1v) is 36.5. The van der Waals surface area contributed by atoms with Crippen molar-refractivity contribution in [3.05, 3.63) is 172 Å². The van der Waals surface area contributed by atoms with E-state index in [1.165, 1.54) is 39.0 Å². The molecule has 33 nitrogen and oxygen atoms in total. The largest absolute Gasteiger partial charge is 0.496 e. The number of aromatic amines is 3. The van der Waals surface area contributed by atoms with E-state index in [4.69, 9.17) is 82.2 Å². The molecule has 0 saturated heterocycles. The number of ether oxygens (including phenoxy) is 3. The smallest absolute Gasteiger partial charge is 0.352 e. The summed E-state index contributed by atoms with van der Waals surface area (Å²) in [5.74, 6) is 0.124. The van der Waals surface area contributed by atoms with Gasteiger partial charge >= 0.3 is 11.9 Å². The second kappa shape index (κ2) is 38.7. The molecule has 0 spiro atoms. The van der Waals surface area contributed by atoms with E-state index in [-0.39, 0.29) is 105 Å². The highest BCUT2D eigenvalue weighted by Gasteiger charge is 2.40. The number of nitrogens with one attached hydrogen (secondary N) is 3. The quantitative estimate of drug-likeness (QED) is 0.0111. The number of aldehydes is 1. The number of Topliss-reactive ketones (excluding diaryl/α,β-unsaturated/α-hetero) is 1. The number of carboxylic acids is 2. The molecule has 592 valence electrons. The highest BCUT2D eigenvalue weighted by molar-refractivity contribution is 6.42. The van der Waals surface area contributed by atoms with Crippen LogP contribution in [0.4, 0.5) is 35.3 Å². The van der Waals surface area contributed by atoms with E-state index in [2.05, 4.69) is 97.3 Å². The van der Waals surface area contributed by atoms with Crippen molar-refractivity contribution in [2.75, 3.05) is 99.0 Å². The van der Waals surface area contributed by atoms with E-state index >= 15 is 0 Å². The van der Waals surface area contributed by atoms with E-state index in [0.717, 1.165) is 97.1 Å². The lowest BCUT2D eigenvalue weighted by molar-refractivity contribution is -0.117. The number of halogens is 3. The zero-order valence-electron chi connectivity index (χ0n) is 64.3. The summed E-state index contributed by atoms with van der Waals surface area (Å²) in [5, 5.41) is 17.8. The predicted molar refractivity (Wildman–Crippen MR) is 428 cm³/mol. The highest BCUT2D eigenvalue weighted by Crippen LogP contribution is 2.44. The van der Waals surface area contributed by atoms with Gasteiger partial charge in [-0.15, -0.1) is 0 Å². The van der Waals surface area contributed by atoms with Crippen LogP contribution in [0.25, 0.3) is 23.3 Å². The van der Waals surface area contributed by atoms with Crippen LogP contribution in [0.3, 0.4) is 0 Å². The SMILES string of the molecule is CCN(CC)CCCC(=O)c1ccc(/C=C2\C(=O)N(Cc3ncc(C)c(OC)c3C)c3nc(N)nc(Cl)c32)[nH]1.CCN(CC)CCN.COc1c(C)cnc(CN2C(=O)/C(=C\c3ccc(C(=O)O)[nH]3)c3c(Cl)nc(N)nc32)c1C.COc1c(C)cnc(CN2C(=O)Cc3c(Cl)nc(N)nc32)c1C.O=Cc1ccc(C(=O)O)[nH]1. The number of likely N-dealkylation sites (N-methyl/N-ethyl adjacent to an activating group) is 1. The number of fused-ring (bicyclic) bond motifs is 3. The second-order valence-corrected chi connectivity index (χ2v) is 26.7. The number of pyridine rings is 3. The molecule has 12 heterocycles. The molecule has 3 aliphatic heterocycles. The van der Waals surface area contributed by atoms with E-state index in [0.29, 0.717) is 86.6 Å². The van der Waals surface area contributed by atoms with Crippen molar-refractivity contribution >= 4 is 135 Å². The number of carboxylic acid groups (broad SMARTS) is 2. The number of carbonyl (C=O) groups excluding carboxylic acids is 5. The molecule has 0 unspecified atom stereocenters. The molecule has 13 N–H and O–H groups in total. The number of anilines is 6. The van der Waals surface area contributed by atoms with Gasteiger partial charge in [0.25, 0.3) is 11.8 Å². The number of nitrogens with zero attached hydrogens (tertiary/aromatic N) is 14. The Morgan fingerprint density at radius 2 is 0.893 bits per heavy atom. The van der Waals surface area contributed by atoms with Gasteiger partial charge in [0.15, 0.2) is 23.7 Å². The number of carbonyl (C=O) groups is 7. The standard InChI is InChI=1S/C28H34ClN7O3.C21H19ClN6O4.C15H16ClN5O2.C6H16N2.C6H5NO3/c1-6-35(7-2)12-8-9-22(37)20-11-10-18(32-20)13-19-23-25(29)33-28(30)34-26(23)36(27(19)38)15-21-17(4)24(39-5)16(3)14-31-21;1-9-7-24-14(10(2)16(9)32-3)8-28-18-15(17(22)26-21(23)27-18)12(19(28)29)6-11-4-5-13(25-11)20(30)31;1-7-5-18-10(8(2)12(7)23-3)6-21-11(22)4-9-13(16)19-15(17)20-14(9)21;1-3-8(4-2)6-5-7;8-3-4-1-2-5(7-4)6(9)10/h10-11,13-14,32H,6-9,12,15H2,1-5H3,(H2,30,33,34);4-7,25H,8H2,1-3H3,(H,30,31)(H2,23,26,27);5H,4,6H2,1-3H3,(H2,17,19,20);3-7H2,1-2H3;1-3,7H,(H,9,10)/b19-13-;12-6-;;;. The van der Waals surface area contributed by atoms with Crippen LogP contribution in [0, 0.1) is 41.5 Å². The van der Waals surface area contributed by atoms with Gasteiger partial charge in [-0.1, -0.05) is 62.5 Å². The lowest BCUT2D eigenvalue weighted by Crippen LogP contribution is -2.28. The first kappa shape index (κ1) is 85.9. The Kier molecular flexibility index (Phi) is 29.7. The number of aryl methyl sites for hydroxylation is 3. The summed E-state index contributed by atoms with van der Waals surface area (Å²) in [6.07, 6.45) is 10.2. The van der Waals surface area contributed by atoms with Gasteiger partial charge in [-0.05, 0) is 129 Å². The number of ketones is 1. The average molecular weight is 1600 g/mol. The van der Waals surface area contributed by atoms with Crippen LogP contribution >= 0.6 is 34.8 Å². The molecule has 0 bridgehead atoms. The Morgan fingerprint density at radius 3 is 1.26 bits per heavy atom. The minimum Gasteiger partial charge on any atom is -0.496 e. The second-order valence-electron chi connectivity index (χ2n) is 25.6. The van der Waals surface area contributed by atoms with Gasteiger partial charge in [0.05, 0.1) is 98.1 Å². The fourth-order valence-corrected chi connectivity index (χ4v) is 13.3. The molecule has 12 rings (SSSR count). The van der Waals surface area contributed by atoms with Crippen molar-refractivity contribution in [2.45, 2.75) is 108 Å². The molecule has 3 aliphatic rings. The maximum atomic E-state index is 13.7. The number of aromatic nitrogens is 12. The fraction of sp³-hybridized carbons (Fsp3) is 0.342. The van der Waals surface area contributed by atoms with Crippen LogP contribution in [0.5, 0.6) is 17.2 Å². The van der Waals surface area contributed by atoms with E-state index in [1.54, 1.807) is 64.2 Å². The highest BCUT2D eigenvalue weighted by atomic mass is 35.5. The molecule has 0 radical (unpaired) electrons. The van der Waals surface area contributed by atoms with Crippen LogP contribution < -0.4 is 51.8 Å². The monoisotopic (exact) mass is 1590 g/mol. The van der Waals surface area contributed by atoms with Crippen LogP contribution in [0.2, 0.25) is 15.5 Å². The average Bonchev–Trinajstić information content (AvgIpc) is 1.61. The molecular weight excluding hydrogens is 1510 g/mol. The maximum absolute atomic E-state index is 13.7. The van der Waals surface area contributed by atoms with Crippen molar-refractivity contribution in [3.63, 3.8) is 0 Å². The van der Waals surface area contributed by atoms with Crippen LogP contribution in [0.1, 0.15) is 161 Å². The summed E-state index contributed by atoms with van der Waals surface area (Å²) in [7, 11) is 4.79. The number of H-pyrrole nitrogens is 3. The molecule has 0 aliphatic carbocycles. The molecule has 0 atom stereocenters. The lowest BCUT2D eigenvalue weighted by atomic mass is 10.1. The van der Waals surface area contributed by atoms with Gasteiger partial charge < -0.3 is 72.1 Å². The number of nitrogens with two attached hydrogens (primary N) is 4. The number of aromatic carboxylic acids is 2. The first-order valence-electron chi connectivity index (χ1n) is 35.4. The number of rotatable bonds is 25. The molecule has 0 aromatic carbocycles. The van der Waals surface area contributed by atoms with Crippen molar-refractivity contribution in [1.29, 1.82) is 0 Å². The number of nitrogen functional groups attached to an aromatic ring is 3. The van der Waals surface area contributed by atoms with Crippen molar-refractivity contribution in [3.8, 4) is 17.2 Å². The van der Waals surface area contributed by atoms with Crippen LogP contribution in [0.15, 0.2) is 55.0 Å². The summed E-state index contributed by atoms with van der Waals surface area (Å²) in [6.45, 7) is 27.3. The Bertz CT molecular complexity index is 5070. The predicted octanol–water partition coefficient (Wildman–Crippen LogP) is 9.93. The summed E-state index contributed by atoms with van der Waals surface area (Å²) in [5.41, 5.74) is 33.5. The molecule has 0 saturated carbocycles. The van der Waals surface area contributed by atoms with Gasteiger partial charge in [0.1, 0.15) is 49.9 Å². The molecule has 112 heavy (non-hydrogen) atoms. The zero-order chi connectivity index (χ0) is 82.1. The topological polar surface area (TPSA) is 471 Å². The van der Waals surface area contributed by atoms with Crippen molar-refractivity contribution in [1.82, 2.24) is 69.6 Å². The van der Waals surface area contributed by atoms with E-state index < -0.39 is 17.8 Å². The lowest BCUT2D eigenvalue weighted by Gasteiger charge is -2.19. The Hall–Kier alpha value is -11.8. The van der Waals surface area contributed by atoms with Gasteiger partial charge in [-0.2, -0.15) is 15.0 Å². The number of hydrogen-bond acceptors (Lipinski definition) is 25. The third kappa shape index (κ3) is 20.1. The van der Waals surface area contributed by atoms with Gasteiger partial charge in [0.2, 0.25) is 23.8 Å².